The van der Waals surface area contributed by atoms with Gasteiger partial charge in [0.05, 0.1) is 11.0 Å². The summed E-state index contributed by atoms with van der Waals surface area (Å²) in [5.41, 5.74) is 1.74. The van der Waals surface area contributed by atoms with Crippen LogP contribution in [0.25, 0.3) is 11.0 Å². The molecule has 102 valence electrons. The van der Waals surface area contributed by atoms with Crippen LogP contribution in [0.4, 0.5) is 0 Å². The number of rotatable bonds is 3. The second-order valence-corrected chi connectivity index (χ2v) is 5.69. The first-order valence-corrected chi connectivity index (χ1v) is 7.15. The predicted octanol–water partition coefficient (Wildman–Crippen LogP) is 2.32. The van der Waals surface area contributed by atoms with E-state index in [4.69, 9.17) is 11.6 Å². The summed E-state index contributed by atoms with van der Waals surface area (Å²) < 4.78 is 1.84. The maximum absolute atomic E-state index is 12.0. The summed E-state index contributed by atoms with van der Waals surface area (Å²) in [5, 5.41) is 0.652. The SMILES string of the molecule is CCN1CCC(Cn2c(=O)[nH]c3cc(Cl)ccc32)C1. The number of nitrogens with zero attached hydrogens (tertiary/aromatic N) is 2. The highest BCUT2D eigenvalue weighted by Crippen LogP contribution is 2.21. The Kier molecular flexibility index (Phi) is 3.37. The molecule has 0 radical (unpaired) electrons. The molecule has 2 aromatic rings. The molecule has 5 heteroatoms. The van der Waals surface area contributed by atoms with E-state index in [0.717, 1.165) is 37.2 Å². The lowest BCUT2D eigenvalue weighted by atomic mass is 10.1. The van der Waals surface area contributed by atoms with E-state index in [1.165, 1.54) is 6.42 Å². The van der Waals surface area contributed by atoms with Crippen LogP contribution in [0, 0.1) is 5.92 Å². The number of halogens is 1. The van der Waals surface area contributed by atoms with E-state index in [9.17, 15) is 4.79 Å². The van der Waals surface area contributed by atoms with Crippen molar-refractivity contribution in [2.24, 2.45) is 5.92 Å². The van der Waals surface area contributed by atoms with Gasteiger partial charge in [-0.3, -0.25) is 4.57 Å². The van der Waals surface area contributed by atoms with Crippen molar-refractivity contribution in [2.75, 3.05) is 19.6 Å². The molecule has 0 spiro atoms. The highest BCUT2D eigenvalue weighted by atomic mass is 35.5. The first kappa shape index (κ1) is 12.8. The quantitative estimate of drug-likeness (QED) is 0.937. The van der Waals surface area contributed by atoms with Gasteiger partial charge in [0.1, 0.15) is 0 Å². The summed E-state index contributed by atoms with van der Waals surface area (Å²) in [7, 11) is 0. The number of aromatic amines is 1. The molecule has 3 rings (SSSR count). The van der Waals surface area contributed by atoms with Crippen molar-refractivity contribution >= 4 is 22.6 Å². The predicted molar refractivity (Wildman–Crippen MR) is 77.8 cm³/mol. The largest absolute Gasteiger partial charge is 0.326 e. The third kappa shape index (κ3) is 2.42. The van der Waals surface area contributed by atoms with Gasteiger partial charge < -0.3 is 9.88 Å². The Labute approximate surface area is 117 Å². The van der Waals surface area contributed by atoms with Crippen molar-refractivity contribution in [1.82, 2.24) is 14.5 Å². The number of fused-ring (bicyclic) bond motifs is 1. The standard InChI is InChI=1S/C14H18ClN3O/c1-2-17-6-5-10(8-17)9-18-13-4-3-11(15)7-12(13)16-14(18)19/h3-4,7,10H,2,5-6,8-9H2,1H3,(H,16,19). The molecule has 0 aliphatic carbocycles. The van der Waals surface area contributed by atoms with Gasteiger partial charge in [-0.15, -0.1) is 0 Å². The summed E-state index contributed by atoms with van der Waals surface area (Å²) >= 11 is 5.95. The van der Waals surface area contributed by atoms with Gasteiger partial charge in [-0.2, -0.15) is 0 Å². The third-order valence-corrected chi connectivity index (χ3v) is 4.23. The molecule has 0 bridgehead atoms. The molecular formula is C14H18ClN3O. The molecular weight excluding hydrogens is 262 g/mol. The van der Waals surface area contributed by atoms with Gasteiger partial charge in [-0.1, -0.05) is 18.5 Å². The number of hydrogen-bond acceptors (Lipinski definition) is 2. The summed E-state index contributed by atoms with van der Waals surface area (Å²) in [4.78, 5) is 17.3. The Morgan fingerprint density at radius 2 is 2.32 bits per heavy atom. The molecule has 0 amide bonds. The second kappa shape index (κ2) is 5.02. The zero-order valence-electron chi connectivity index (χ0n) is 11.0. The van der Waals surface area contributed by atoms with Crippen LogP contribution in [0.3, 0.4) is 0 Å². The molecule has 1 saturated heterocycles. The van der Waals surface area contributed by atoms with Crippen molar-refractivity contribution in [3.63, 3.8) is 0 Å². The Hall–Kier alpha value is -1.26. The minimum Gasteiger partial charge on any atom is -0.305 e. The number of aromatic nitrogens is 2. The molecule has 1 N–H and O–H groups in total. The lowest BCUT2D eigenvalue weighted by Crippen LogP contribution is -2.24. The second-order valence-electron chi connectivity index (χ2n) is 5.25. The van der Waals surface area contributed by atoms with Crippen LogP contribution in [0.5, 0.6) is 0 Å². The van der Waals surface area contributed by atoms with Crippen molar-refractivity contribution < 1.29 is 0 Å². The fourth-order valence-electron chi connectivity index (χ4n) is 2.92. The van der Waals surface area contributed by atoms with E-state index in [1.807, 2.05) is 22.8 Å². The maximum atomic E-state index is 12.0. The Morgan fingerprint density at radius 3 is 3.05 bits per heavy atom. The Bertz CT molecular complexity index is 646. The highest BCUT2D eigenvalue weighted by molar-refractivity contribution is 6.31. The lowest BCUT2D eigenvalue weighted by molar-refractivity contribution is 0.333. The van der Waals surface area contributed by atoms with E-state index in [0.29, 0.717) is 10.9 Å². The van der Waals surface area contributed by atoms with Crippen LogP contribution < -0.4 is 5.69 Å². The molecule has 0 saturated carbocycles. The molecule has 1 aliphatic rings. The molecule has 19 heavy (non-hydrogen) atoms. The monoisotopic (exact) mass is 279 g/mol. The highest BCUT2D eigenvalue weighted by Gasteiger charge is 2.22. The summed E-state index contributed by atoms with van der Waals surface area (Å²) in [5.74, 6) is 0.562. The Morgan fingerprint density at radius 1 is 1.47 bits per heavy atom. The van der Waals surface area contributed by atoms with Crippen LogP contribution in [0.2, 0.25) is 5.02 Å². The number of benzene rings is 1. The van der Waals surface area contributed by atoms with Gasteiger partial charge in [0.2, 0.25) is 0 Å². The number of hydrogen-bond donors (Lipinski definition) is 1. The fraction of sp³-hybridized carbons (Fsp3) is 0.500. The van der Waals surface area contributed by atoms with Crippen LogP contribution in [-0.4, -0.2) is 34.1 Å². The first-order chi connectivity index (χ1) is 9.17. The van der Waals surface area contributed by atoms with Crippen molar-refractivity contribution in [2.45, 2.75) is 19.9 Å². The van der Waals surface area contributed by atoms with Crippen LogP contribution in [0.15, 0.2) is 23.0 Å². The number of imidazole rings is 1. The van der Waals surface area contributed by atoms with E-state index >= 15 is 0 Å². The zero-order chi connectivity index (χ0) is 13.4. The third-order valence-electron chi connectivity index (χ3n) is 3.99. The lowest BCUT2D eigenvalue weighted by Gasteiger charge is -2.13. The molecule has 1 aliphatic heterocycles. The Balaban J connectivity index is 1.89. The number of nitrogens with one attached hydrogen (secondary N) is 1. The van der Waals surface area contributed by atoms with Gasteiger partial charge in [0.25, 0.3) is 0 Å². The molecule has 1 fully saturated rings. The maximum Gasteiger partial charge on any atom is 0.326 e. The molecule has 1 aromatic heterocycles. The van der Waals surface area contributed by atoms with E-state index < -0.39 is 0 Å². The molecule has 1 aromatic carbocycles. The van der Waals surface area contributed by atoms with Crippen LogP contribution >= 0.6 is 11.6 Å². The van der Waals surface area contributed by atoms with Gasteiger partial charge in [-0.25, -0.2) is 4.79 Å². The van der Waals surface area contributed by atoms with Crippen LogP contribution in [0.1, 0.15) is 13.3 Å². The summed E-state index contributed by atoms with van der Waals surface area (Å²) in [6, 6.07) is 5.56. The fourth-order valence-corrected chi connectivity index (χ4v) is 3.10. The smallest absolute Gasteiger partial charge is 0.305 e. The van der Waals surface area contributed by atoms with Crippen molar-refractivity contribution in [3.05, 3.63) is 33.7 Å². The normalized spacial score (nSPS) is 20.4. The number of H-pyrrole nitrogens is 1. The van der Waals surface area contributed by atoms with Gasteiger partial charge in [0.15, 0.2) is 0 Å². The molecule has 1 unspecified atom stereocenters. The molecule has 1 atom stereocenters. The molecule has 4 nitrogen and oxygen atoms in total. The van der Waals surface area contributed by atoms with Gasteiger partial charge >= 0.3 is 5.69 Å². The summed E-state index contributed by atoms with van der Waals surface area (Å²) in [6.07, 6.45) is 1.17. The van der Waals surface area contributed by atoms with Crippen molar-refractivity contribution in [1.29, 1.82) is 0 Å². The average Bonchev–Trinajstić information content (AvgIpc) is 2.95. The zero-order valence-corrected chi connectivity index (χ0v) is 11.8. The minimum atomic E-state index is -0.0350. The summed E-state index contributed by atoms with van der Waals surface area (Å²) in [6.45, 7) is 6.29. The van der Waals surface area contributed by atoms with E-state index in [-0.39, 0.29) is 5.69 Å². The number of likely N-dealkylation sites (tertiary alicyclic amines) is 1. The average molecular weight is 280 g/mol. The first-order valence-electron chi connectivity index (χ1n) is 6.78. The van der Waals surface area contributed by atoms with Gasteiger partial charge in [-0.05, 0) is 43.6 Å². The van der Waals surface area contributed by atoms with E-state index in [2.05, 4.69) is 16.8 Å². The van der Waals surface area contributed by atoms with E-state index in [1.54, 1.807) is 0 Å². The van der Waals surface area contributed by atoms with Gasteiger partial charge in [0, 0.05) is 18.1 Å². The van der Waals surface area contributed by atoms with Crippen LogP contribution in [-0.2, 0) is 6.54 Å². The topological polar surface area (TPSA) is 41.0 Å². The molecule has 2 heterocycles. The van der Waals surface area contributed by atoms with Crippen molar-refractivity contribution in [3.8, 4) is 0 Å². The minimum absolute atomic E-state index is 0.0350.